The smallest absolute Gasteiger partial charge is 0.322 e. The first-order chi connectivity index (χ1) is 8.52. The summed E-state index contributed by atoms with van der Waals surface area (Å²) in [6.45, 7) is 4.41. The first-order valence-corrected chi connectivity index (χ1v) is 7.06. The van der Waals surface area contributed by atoms with Crippen LogP contribution in [-0.4, -0.2) is 24.9 Å². The van der Waals surface area contributed by atoms with Crippen LogP contribution in [0.1, 0.15) is 19.4 Å². The van der Waals surface area contributed by atoms with E-state index in [0.717, 1.165) is 11.3 Å². The molecule has 0 aliphatic heterocycles. The highest BCUT2D eigenvalue weighted by Crippen LogP contribution is 2.21. The number of hydrogen-bond donors (Lipinski definition) is 1. The van der Waals surface area contributed by atoms with Gasteiger partial charge in [-0.05, 0) is 30.0 Å². The maximum atomic E-state index is 11.2. The molecule has 0 fully saturated rings. The second kappa shape index (κ2) is 7.44. The molecular weight excluding hydrogens is 246 g/mol. The third-order valence-electron chi connectivity index (χ3n) is 2.47. The average Bonchev–Trinajstić information content (AvgIpc) is 2.36. The molecule has 0 amide bonds. The van der Waals surface area contributed by atoms with Gasteiger partial charge in [0, 0.05) is 10.6 Å². The molecule has 0 saturated carbocycles. The number of carbonyl (C=O) groups excluding carboxylic acids is 1. The highest BCUT2D eigenvalue weighted by molar-refractivity contribution is 7.99. The minimum absolute atomic E-state index is 0.367. The Morgan fingerprint density at radius 3 is 2.44 bits per heavy atom. The van der Waals surface area contributed by atoms with Crippen LogP contribution in [0.3, 0.4) is 0 Å². The van der Waals surface area contributed by atoms with Crippen molar-refractivity contribution in [2.75, 3.05) is 12.9 Å². The summed E-state index contributed by atoms with van der Waals surface area (Å²) in [7, 11) is 1.36. The van der Waals surface area contributed by atoms with Gasteiger partial charge < -0.3 is 10.5 Å². The lowest BCUT2D eigenvalue weighted by Gasteiger charge is -2.10. The van der Waals surface area contributed by atoms with Crippen molar-refractivity contribution in [1.29, 1.82) is 0 Å². The second-order valence-corrected chi connectivity index (χ2v) is 5.78. The molecule has 1 atom stereocenters. The number of benzene rings is 1. The average molecular weight is 267 g/mol. The standard InChI is InChI=1S/C14H21NO2S/c1-10(2)9-18-12-6-4-11(5-7-12)8-13(15)14(16)17-3/h4-7,10,13H,8-9,15H2,1-3H3. The number of rotatable bonds is 6. The normalized spacial score (nSPS) is 12.5. The van der Waals surface area contributed by atoms with Crippen LogP contribution in [0.25, 0.3) is 0 Å². The van der Waals surface area contributed by atoms with E-state index in [4.69, 9.17) is 5.73 Å². The van der Waals surface area contributed by atoms with E-state index >= 15 is 0 Å². The molecule has 0 radical (unpaired) electrons. The molecular formula is C14H21NO2S. The monoisotopic (exact) mass is 267 g/mol. The minimum atomic E-state index is -0.579. The lowest BCUT2D eigenvalue weighted by atomic mass is 10.1. The van der Waals surface area contributed by atoms with Gasteiger partial charge in [0.1, 0.15) is 6.04 Å². The fourth-order valence-corrected chi connectivity index (χ4v) is 2.33. The van der Waals surface area contributed by atoms with Gasteiger partial charge in [0.15, 0.2) is 0 Å². The van der Waals surface area contributed by atoms with E-state index in [-0.39, 0.29) is 5.97 Å². The zero-order valence-corrected chi connectivity index (χ0v) is 12.0. The third kappa shape index (κ3) is 5.10. The van der Waals surface area contributed by atoms with E-state index < -0.39 is 6.04 Å². The maximum absolute atomic E-state index is 11.2. The fourth-order valence-electron chi connectivity index (χ4n) is 1.47. The summed E-state index contributed by atoms with van der Waals surface area (Å²) in [5.41, 5.74) is 6.77. The Balaban J connectivity index is 2.52. The number of ether oxygens (including phenoxy) is 1. The molecule has 1 rings (SSSR count). The number of carbonyl (C=O) groups is 1. The van der Waals surface area contributed by atoms with E-state index in [0.29, 0.717) is 12.3 Å². The van der Waals surface area contributed by atoms with Gasteiger partial charge in [-0.2, -0.15) is 0 Å². The Morgan fingerprint density at radius 2 is 1.94 bits per heavy atom. The van der Waals surface area contributed by atoms with Gasteiger partial charge in [0.05, 0.1) is 7.11 Å². The van der Waals surface area contributed by atoms with Crippen molar-refractivity contribution >= 4 is 17.7 Å². The van der Waals surface area contributed by atoms with Crippen LogP contribution in [0.5, 0.6) is 0 Å². The summed E-state index contributed by atoms with van der Waals surface area (Å²) in [5.74, 6) is 1.43. The zero-order chi connectivity index (χ0) is 13.5. The highest BCUT2D eigenvalue weighted by Gasteiger charge is 2.13. The lowest BCUT2D eigenvalue weighted by Crippen LogP contribution is -2.33. The Morgan fingerprint density at radius 1 is 1.33 bits per heavy atom. The molecule has 0 bridgehead atoms. The van der Waals surface area contributed by atoms with Gasteiger partial charge in [-0.1, -0.05) is 26.0 Å². The molecule has 3 nitrogen and oxygen atoms in total. The first-order valence-electron chi connectivity index (χ1n) is 6.08. The molecule has 1 aromatic carbocycles. The highest BCUT2D eigenvalue weighted by atomic mass is 32.2. The molecule has 1 unspecified atom stereocenters. The zero-order valence-electron chi connectivity index (χ0n) is 11.2. The number of hydrogen-bond acceptors (Lipinski definition) is 4. The number of nitrogens with two attached hydrogens (primary N) is 1. The molecule has 100 valence electrons. The van der Waals surface area contributed by atoms with Gasteiger partial charge in [-0.3, -0.25) is 4.79 Å². The van der Waals surface area contributed by atoms with Crippen LogP contribution in [0.15, 0.2) is 29.2 Å². The van der Waals surface area contributed by atoms with Crippen molar-refractivity contribution in [1.82, 2.24) is 0 Å². The third-order valence-corrected chi connectivity index (χ3v) is 3.91. The summed E-state index contributed by atoms with van der Waals surface area (Å²) in [5, 5.41) is 0. The molecule has 18 heavy (non-hydrogen) atoms. The van der Waals surface area contributed by atoms with Gasteiger partial charge in [-0.25, -0.2) is 0 Å². The first kappa shape index (κ1) is 15.1. The molecule has 4 heteroatoms. The Hall–Kier alpha value is -1.00. The van der Waals surface area contributed by atoms with Crippen LogP contribution in [0, 0.1) is 5.92 Å². The van der Waals surface area contributed by atoms with Gasteiger partial charge in [-0.15, -0.1) is 11.8 Å². The fraction of sp³-hybridized carbons (Fsp3) is 0.500. The van der Waals surface area contributed by atoms with Crippen LogP contribution >= 0.6 is 11.8 Å². The van der Waals surface area contributed by atoms with E-state index in [1.165, 1.54) is 12.0 Å². The van der Waals surface area contributed by atoms with Crippen LogP contribution in [0.2, 0.25) is 0 Å². The Kier molecular flexibility index (Phi) is 6.22. The van der Waals surface area contributed by atoms with E-state index in [2.05, 4.69) is 30.7 Å². The van der Waals surface area contributed by atoms with E-state index in [1.54, 1.807) is 0 Å². The van der Waals surface area contributed by atoms with E-state index in [9.17, 15) is 4.79 Å². The molecule has 0 spiro atoms. The van der Waals surface area contributed by atoms with Gasteiger partial charge >= 0.3 is 5.97 Å². The lowest BCUT2D eigenvalue weighted by molar-refractivity contribution is -0.142. The van der Waals surface area contributed by atoms with Crippen LogP contribution < -0.4 is 5.73 Å². The minimum Gasteiger partial charge on any atom is -0.468 e. The number of thioether (sulfide) groups is 1. The molecule has 0 heterocycles. The predicted octanol–water partition coefficient (Wildman–Crippen LogP) is 2.48. The van der Waals surface area contributed by atoms with Crippen molar-refractivity contribution in [2.45, 2.75) is 31.2 Å². The Labute approximate surface area is 113 Å². The summed E-state index contributed by atoms with van der Waals surface area (Å²) >= 11 is 1.84. The van der Waals surface area contributed by atoms with Gasteiger partial charge in [0.25, 0.3) is 0 Å². The van der Waals surface area contributed by atoms with Crippen LogP contribution in [0.4, 0.5) is 0 Å². The molecule has 0 aliphatic rings. The van der Waals surface area contributed by atoms with Crippen molar-refractivity contribution < 1.29 is 9.53 Å². The van der Waals surface area contributed by atoms with E-state index in [1.807, 2.05) is 23.9 Å². The summed E-state index contributed by atoms with van der Waals surface area (Å²) in [6, 6.07) is 7.61. The largest absolute Gasteiger partial charge is 0.468 e. The second-order valence-electron chi connectivity index (χ2n) is 4.68. The van der Waals surface area contributed by atoms with Crippen molar-refractivity contribution in [3.8, 4) is 0 Å². The number of esters is 1. The molecule has 2 N–H and O–H groups in total. The summed E-state index contributed by atoms with van der Waals surface area (Å²) in [4.78, 5) is 12.5. The quantitative estimate of drug-likeness (QED) is 0.635. The molecule has 1 aromatic rings. The SMILES string of the molecule is COC(=O)C(N)Cc1ccc(SCC(C)C)cc1. The van der Waals surface area contributed by atoms with Crippen molar-refractivity contribution in [2.24, 2.45) is 11.7 Å². The molecule has 0 saturated heterocycles. The number of methoxy groups -OCH3 is 1. The summed E-state index contributed by atoms with van der Waals surface area (Å²) < 4.78 is 4.60. The maximum Gasteiger partial charge on any atom is 0.322 e. The van der Waals surface area contributed by atoms with Crippen molar-refractivity contribution in [3.63, 3.8) is 0 Å². The molecule has 0 aromatic heterocycles. The summed E-state index contributed by atoms with van der Waals surface area (Å²) in [6.07, 6.45) is 0.516. The van der Waals surface area contributed by atoms with Crippen LogP contribution in [-0.2, 0) is 16.0 Å². The predicted molar refractivity (Wildman–Crippen MR) is 75.7 cm³/mol. The topological polar surface area (TPSA) is 52.3 Å². The van der Waals surface area contributed by atoms with Gasteiger partial charge in [0.2, 0.25) is 0 Å². The Bertz CT molecular complexity index is 376. The van der Waals surface area contributed by atoms with Crippen molar-refractivity contribution in [3.05, 3.63) is 29.8 Å². The molecule has 0 aliphatic carbocycles.